The van der Waals surface area contributed by atoms with Crippen LogP contribution < -0.4 is 19.7 Å². The van der Waals surface area contributed by atoms with Crippen molar-refractivity contribution >= 4 is 39.2 Å². The van der Waals surface area contributed by atoms with Gasteiger partial charge in [0, 0.05) is 42.6 Å². The number of pyridine rings is 3. The first-order valence-electron chi connectivity index (χ1n) is 13.5. The largest absolute Gasteiger partial charge is 0.489 e. The molecule has 9 nitrogen and oxygen atoms in total. The minimum Gasteiger partial charge on any atom is -0.489 e. The molecule has 3 aliphatic rings. The van der Waals surface area contributed by atoms with E-state index in [1.165, 1.54) is 6.07 Å². The molecule has 1 aromatic carbocycles. The maximum absolute atomic E-state index is 14.6. The summed E-state index contributed by atoms with van der Waals surface area (Å²) in [5.41, 5.74) is -0.591. The molecule has 1 fully saturated rings. The molecule has 0 radical (unpaired) electrons. The van der Waals surface area contributed by atoms with E-state index in [1.54, 1.807) is 18.5 Å². The highest BCUT2D eigenvalue weighted by molar-refractivity contribution is 7.85. The maximum atomic E-state index is 14.6. The van der Waals surface area contributed by atoms with Crippen LogP contribution in [0.5, 0.6) is 11.5 Å². The Morgan fingerprint density at radius 1 is 1.12 bits per heavy atom. The van der Waals surface area contributed by atoms with Gasteiger partial charge in [-0.3, -0.25) is 14.0 Å². The highest BCUT2D eigenvalue weighted by Gasteiger charge is 2.43. The number of rotatable bonds is 4. The Kier molecular flexibility index (Phi) is 7.86. The lowest BCUT2D eigenvalue weighted by Crippen LogP contribution is -2.30. The average molecular weight is 616 g/mol. The van der Waals surface area contributed by atoms with Crippen LogP contribution in [-0.2, 0) is 17.3 Å². The van der Waals surface area contributed by atoms with Gasteiger partial charge in [0.15, 0.2) is 28.6 Å². The van der Waals surface area contributed by atoms with Gasteiger partial charge in [0.05, 0.1) is 46.6 Å². The third-order valence-electron chi connectivity index (χ3n) is 6.84. The van der Waals surface area contributed by atoms with Crippen molar-refractivity contribution in [1.29, 1.82) is 0 Å². The van der Waals surface area contributed by atoms with Gasteiger partial charge in [0.2, 0.25) is 5.92 Å². The maximum Gasteiger partial charge on any atom is 0.251 e. The van der Waals surface area contributed by atoms with E-state index in [2.05, 4.69) is 15.3 Å². The highest BCUT2D eigenvalue weighted by Crippen LogP contribution is 2.40. The zero-order valence-corrected chi connectivity index (χ0v) is 23.4. The fourth-order valence-corrected chi connectivity index (χ4v) is 5.59. The van der Waals surface area contributed by atoms with Crippen LogP contribution in [0.4, 0.5) is 29.2 Å². The predicted octanol–water partition coefficient (Wildman–Crippen LogP) is 5.23. The summed E-state index contributed by atoms with van der Waals surface area (Å²) in [4.78, 5) is 28.2. The Hall–Kier alpha value is -4.33. The summed E-state index contributed by atoms with van der Waals surface area (Å²) in [7, 11) is -2.14. The molecule has 3 aromatic heterocycles. The second kappa shape index (κ2) is 11.7. The van der Waals surface area contributed by atoms with Gasteiger partial charge in [-0.05, 0) is 42.5 Å². The van der Waals surface area contributed by atoms with E-state index >= 15 is 0 Å². The molecule has 2 atom stereocenters. The van der Waals surface area contributed by atoms with Crippen LogP contribution in [0.3, 0.4) is 0 Å². The number of anilines is 2. The van der Waals surface area contributed by atoms with Crippen molar-refractivity contribution in [2.75, 3.05) is 24.7 Å². The zero-order chi connectivity index (χ0) is 30.1. The number of amides is 1. The van der Waals surface area contributed by atoms with Crippen LogP contribution >= 0.6 is 0 Å². The smallest absolute Gasteiger partial charge is 0.251 e. The number of nitrogens with zero attached hydrogens (tertiary/aromatic N) is 4. The number of hydrogen-bond acceptors (Lipinski definition) is 8. The van der Waals surface area contributed by atoms with Crippen molar-refractivity contribution in [1.82, 2.24) is 20.3 Å². The number of aromatic nitrogens is 3. The number of hydrogen-bond donors (Lipinski definition) is 1. The highest BCUT2D eigenvalue weighted by atomic mass is 32.2. The molecule has 0 bridgehead atoms. The molecule has 0 saturated heterocycles. The van der Waals surface area contributed by atoms with E-state index < -0.39 is 34.0 Å². The molecule has 2 aliphatic heterocycles. The number of nitrogens with one attached hydrogen (secondary N) is 1. The molecule has 7 rings (SSSR count). The van der Waals surface area contributed by atoms with E-state index in [9.17, 15) is 26.6 Å². The first-order chi connectivity index (χ1) is 20.7. The third-order valence-corrected chi connectivity index (χ3v) is 8.28. The average Bonchev–Trinajstić information content (AvgIpc) is 3.75. The summed E-state index contributed by atoms with van der Waals surface area (Å²) in [5, 5.41) is 3.49. The van der Waals surface area contributed by atoms with Crippen molar-refractivity contribution < 1.29 is 36.0 Å². The van der Waals surface area contributed by atoms with E-state index in [0.29, 0.717) is 41.7 Å². The fraction of sp³-hybridized carbons (Fsp3) is 0.310. The van der Waals surface area contributed by atoms with Crippen molar-refractivity contribution in [2.45, 2.75) is 42.1 Å². The molecule has 1 saturated carbocycles. The van der Waals surface area contributed by atoms with Crippen LogP contribution in [0.2, 0.25) is 0 Å². The number of fused-ring (bicyclic) bond motifs is 3. The van der Waals surface area contributed by atoms with Gasteiger partial charge >= 0.3 is 0 Å². The molecule has 1 aliphatic carbocycles. The minimum atomic E-state index is -2.25. The molecular formula is C29H25F4N5O4S. The number of ether oxygens (including phenoxy) is 2. The molecule has 2 unspecified atom stereocenters. The molecule has 224 valence electrons. The SMILES string of the molecule is FC1(F)CC1.O=C(NCc1cc2nc(N3CCOc4cccnc43)ccc2cn1)c1cc(F)c2c(c1)S(=O)C(F)CCO2. The van der Waals surface area contributed by atoms with Gasteiger partial charge in [0.1, 0.15) is 12.4 Å². The van der Waals surface area contributed by atoms with E-state index in [0.717, 1.165) is 11.5 Å². The van der Waals surface area contributed by atoms with Crippen LogP contribution in [0.25, 0.3) is 10.9 Å². The molecular weight excluding hydrogens is 590 g/mol. The Morgan fingerprint density at radius 2 is 1.93 bits per heavy atom. The Bertz CT molecular complexity index is 1720. The van der Waals surface area contributed by atoms with Gasteiger partial charge < -0.3 is 19.7 Å². The van der Waals surface area contributed by atoms with Gasteiger partial charge in [-0.2, -0.15) is 0 Å². The van der Waals surface area contributed by atoms with Gasteiger partial charge in [-0.15, -0.1) is 0 Å². The third kappa shape index (κ3) is 6.38. The van der Waals surface area contributed by atoms with Crippen LogP contribution in [0.1, 0.15) is 35.3 Å². The van der Waals surface area contributed by atoms with Crippen molar-refractivity contribution in [2.24, 2.45) is 0 Å². The van der Waals surface area contributed by atoms with Crippen LogP contribution in [0.15, 0.2) is 59.8 Å². The molecule has 1 N–H and O–H groups in total. The summed E-state index contributed by atoms with van der Waals surface area (Å²) >= 11 is 0. The normalized spacial score (nSPS) is 19.9. The van der Waals surface area contributed by atoms with Crippen LogP contribution in [0, 0.1) is 5.82 Å². The van der Waals surface area contributed by atoms with Gasteiger partial charge in [-0.25, -0.2) is 27.5 Å². The number of carbonyl (C=O) groups is 1. The van der Waals surface area contributed by atoms with Gasteiger partial charge in [-0.1, -0.05) is 0 Å². The number of benzene rings is 1. The van der Waals surface area contributed by atoms with Gasteiger partial charge in [0.25, 0.3) is 5.91 Å². The second-order valence-corrected chi connectivity index (χ2v) is 11.6. The molecule has 14 heteroatoms. The molecule has 0 spiro atoms. The summed E-state index contributed by atoms with van der Waals surface area (Å²) in [6, 6.07) is 11.4. The fourth-order valence-electron chi connectivity index (χ4n) is 4.42. The minimum absolute atomic E-state index is 0.0344. The summed E-state index contributed by atoms with van der Waals surface area (Å²) in [5.74, 6) is -1.95. The topological polar surface area (TPSA) is 107 Å². The lowest BCUT2D eigenvalue weighted by molar-refractivity contribution is 0.0949. The van der Waals surface area contributed by atoms with Crippen molar-refractivity contribution in [3.05, 3.63) is 71.9 Å². The van der Waals surface area contributed by atoms with Crippen LogP contribution in [-0.4, -0.2) is 56.3 Å². The second-order valence-electron chi connectivity index (χ2n) is 10.0. The Morgan fingerprint density at radius 3 is 2.72 bits per heavy atom. The lowest BCUT2D eigenvalue weighted by Gasteiger charge is -2.29. The quantitative estimate of drug-likeness (QED) is 0.312. The molecule has 43 heavy (non-hydrogen) atoms. The Balaban J connectivity index is 0.000000599. The standard InChI is InChI=1S/C26H21F2N5O4S.C3H4F2/c27-18-10-16(11-21-24(18)37-8-5-22(28)38(21)35)26(34)31-14-17-12-19-15(13-30-17)3-4-23(32-19)33-7-9-36-20-2-1-6-29-25(20)33;4-3(5)1-2-3/h1-4,6,10-13,22H,5,7-9,14H2,(H,31,34);1-2H2. The summed E-state index contributed by atoms with van der Waals surface area (Å²) < 4.78 is 74.2. The monoisotopic (exact) mass is 615 g/mol. The summed E-state index contributed by atoms with van der Waals surface area (Å²) in [6.07, 6.45) is 3.46. The lowest BCUT2D eigenvalue weighted by atomic mass is 10.2. The summed E-state index contributed by atoms with van der Waals surface area (Å²) in [6.45, 7) is 1.03. The van der Waals surface area contributed by atoms with Crippen molar-refractivity contribution in [3.8, 4) is 11.5 Å². The molecule has 1 amide bonds. The van der Waals surface area contributed by atoms with E-state index in [4.69, 9.17) is 14.5 Å². The van der Waals surface area contributed by atoms with E-state index in [1.807, 2.05) is 29.2 Å². The first kappa shape index (κ1) is 28.8. The number of carbonyl (C=O) groups excluding carboxylic acids is 1. The number of alkyl halides is 3. The number of halogens is 4. The first-order valence-corrected chi connectivity index (χ1v) is 14.7. The predicted molar refractivity (Wildman–Crippen MR) is 149 cm³/mol. The zero-order valence-electron chi connectivity index (χ0n) is 22.6. The van der Waals surface area contributed by atoms with E-state index in [-0.39, 0.29) is 48.6 Å². The Labute approximate surface area is 245 Å². The molecule has 5 heterocycles. The molecule has 4 aromatic rings. The van der Waals surface area contributed by atoms with Crippen molar-refractivity contribution in [3.63, 3.8) is 0 Å².